The van der Waals surface area contributed by atoms with E-state index in [1.165, 1.54) is 4.90 Å². The number of rotatable bonds is 6. The molecule has 0 aromatic heterocycles. The molecule has 1 aromatic rings. The zero-order chi connectivity index (χ0) is 14.5. The molecule has 0 aliphatic carbocycles. The number of benzene rings is 1. The van der Waals surface area contributed by atoms with Gasteiger partial charge in [-0.2, -0.15) is 0 Å². The first-order valence-corrected chi connectivity index (χ1v) is 6.63. The highest BCUT2D eigenvalue weighted by Crippen LogP contribution is 2.24. The lowest BCUT2D eigenvalue weighted by Crippen LogP contribution is -2.32. The van der Waals surface area contributed by atoms with Crippen molar-refractivity contribution in [3.8, 4) is 5.75 Å². The Morgan fingerprint density at radius 1 is 1.25 bits per heavy atom. The van der Waals surface area contributed by atoms with Gasteiger partial charge in [-0.25, -0.2) is 4.79 Å². The normalized spacial score (nSPS) is 18.3. The second kappa shape index (κ2) is 6.38. The third-order valence-corrected chi connectivity index (χ3v) is 3.31. The number of nitrogens with zero attached hydrogens (tertiary/aromatic N) is 1. The third kappa shape index (κ3) is 2.91. The number of hydrogen-bond donors (Lipinski definition) is 2. The van der Waals surface area contributed by atoms with Crippen LogP contribution in [0, 0.1) is 0 Å². The van der Waals surface area contributed by atoms with Crippen LogP contribution >= 0.6 is 0 Å². The van der Waals surface area contributed by atoms with E-state index in [-0.39, 0.29) is 11.9 Å². The fourth-order valence-corrected chi connectivity index (χ4v) is 2.17. The van der Waals surface area contributed by atoms with Crippen LogP contribution in [0.3, 0.4) is 0 Å². The van der Waals surface area contributed by atoms with E-state index in [1.807, 2.05) is 0 Å². The Labute approximate surface area is 117 Å². The summed E-state index contributed by atoms with van der Waals surface area (Å²) in [6.45, 7) is 0.972. The van der Waals surface area contributed by atoms with Gasteiger partial charge in [0.15, 0.2) is 0 Å². The number of carbonyl (C=O) groups is 2. The average molecular weight is 277 g/mol. The minimum absolute atomic E-state index is 0.211. The Morgan fingerprint density at radius 3 is 2.55 bits per heavy atom. The van der Waals surface area contributed by atoms with Crippen LogP contribution in [0.1, 0.15) is 24.4 Å². The van der Waals surface area contributed by atoms with Crippen LogP contribution < -0.4 is 15.8 Å². The lowest BCUT2D eigenvalue weighted by Gasteiger charge is -2.12. The van der Waals surface area contributed by atoms with Crippen molar-refractivity contribution in [2.75, 3.05) is 20.2 Å². The minimum atomic E-state index is -0.605. The van der Waals surface area contributed by atoms with Crippen LogP contribution in [0.5, 0.6) is 5.75 Å². The van der Waals surface area contributed by atoms with E-state index < -0.39 is 6.04 Å². The molecule has 1 fully saturated rings. The highest BCUT2D eigenvalue weighted by atomic mass is 16.5. The van der Waals surface area contributed by atoms with Gasteiger partial charge in [0, 0.05) is 6.54 Å². The lowest BCUT2D eigenvalue weighted by molar-refractivity contribution is -0.127. The molecule has 1 aliphatic rings. The first kappa shape index (κ1) is 14.3. The second-order valence-electron chi connectivity index (χ2n) is 4.64. The summed E-state index contributed by atoms with van der Waals surface area (Å²) in [5.41, 5.74) is 6.17. The summed E-state index contributed by atoms with van der Waals surface area (Å²) in [5.74, 6) is 0.502. The Bertz CT molecular complexity index is 487. The van der Waals surface area contributed by atoms with Gasteiger partial charge >= 0.3 is 6.03 Å². The number of methoxy groups -OCH3 is 1. The van der Waals surface area contributed by atoms with Crippen molar-refractivity contribution in [1.82, 2.24) is 10.2 Å². The Hall–Kier alpha value is -2.08. The third-order valence-electron chi connectivity index (χ3n) is 3.31. The molecule has 0 radical (unpaired) electrons. The number of unbranched alkanes of at least 4 members (excludes halogenated alkanes) is 1. The molecule has 1 atom stereocenters. The summed E-state index contributed by atoms with van der Waals surface area (Å²) in [7, 11) is 1.58. The zero-order valence-corrected chi connectivity index (χ0v) is 11.5. The Balaban J connectivity index is 2.06. The highest BCUT2D eigenvalue weighted by molar-refractivity contribution is 6.04. The number of nitrogens with one attached hydrogen (secondary N) is 1. The van der Waals surface area contributed by atoms with Crippen LogP contribution in [0.25, 0.3) is 0 Å². The standard InChI is InChI=1S/C14H19N3O3/c1-20-11-6-4-10(5-7-11)12-13(18)17(14(19)16-12)9-3-2-8-15/h4-7,12H,2-3,8-9,15H2,1H3,(H,16,19). The van der Waals surface area contributed by atoms with Crippen LogP contribution in [-0.2, 0) is 4.79 Å². The minimum Gasteiger partial charge on any atom is -0.497 e. The van der Waals surface area contributed by atoms with Crippen LogP contribution in [0.15, 0.2) is 24.3 Å². The fourth-order valence-electron chi connectivity index (χ4n) is 2.17. The molecular formula is C14H19N3O3. The van der Waals surface area contributed by atoms with Crippen LogP contribution in [-0.4, -0.2) is 37.0 Å². The number of hydrogen-bond acceptors (Lipinski definition) is 4. The van der Waals surface area contributed by atoms with Gasteiger partial charge in [0.05, 0.1) is 7.11 Å². The van der Waals surface area contributed by atoms with Crippen molar-refractivity contribution in [3.05, 3.63) is 29.8 Å². The largest absolute Gasteiger partial charge is 0.497 e. The van der Waals surface area contributed by atoms with Gasteiger partial charge in [-0.1, -0.05) is 12.1 Å². The molecule has 6 nitrogen and oxygen atoms in total. The average Bonchev–Trinajstić information content (AvgIpc) is 2.75. The van der Waals surface area contributed by atoms with Crippen LogP contribution in [0.4, 0.5) is 4.79 Å². The summed E-state index contributed by atoms with van der Waals surface area (Å²) in [6, 6.07) is 6.16. The van der Waals surface area contributed by atoms with Gasteiger partial charge in [-0.15, -0.1) is 0 Å². The van der Waals surface area contributed by atoms with E-state index in [0.29, 0.717) is 18.8 Å². The van der Waals surface area contributed by atoms with E-state index in [0.717, 1.165) is 18.4 Å². The molecule has 1 unspecified atom stereocenters. The number of nitrogens with two attached hydrogens (primary N) is 1. The lowest BCUT2D eigenvalue weighted by atomic mass is 10.1. The Kier molecular flexibility index (Phi) is 4.57. The maximum absolute atomic E-state index is 12.2. The summed E-state index contributed by atoms with van der Waals surface area (Å²) in [5, 5.41) is 2.70. The summed E-state index contributed by atoms with van der Waals surface area (Å²) >= 11 is 0. The molecule has 1 aromatic carbocycles. The van der Waals surface area contributed by atoms with E-state index in [2.05, 4.69) is 5.32 Å². The fraction of sp³-hybridized carbons (Fsp3) is 0.429. The van der Waals surface area contributed by atoms with Gasteiger partial charge < -0.3 is 15.8 Å². The molecule has 1 saturated heterocycles. The molecule has 6 heteroatoms. The van der Waals surface area contributed by atoms with Crippen molar-refractivity contribution in [1.29, 1.82) is 0 Å². The van der Waals surface area contributed by atoms with Crippen molar-refractivity contribution in [2.24, 2.45) is 5.73 Å². The maximum atomic E-state index is 12.2. The predicted octanol–water partition coefficient (Wildman–Crippen LogP) is 1.03. The topological polar surface area (TPSA) is 84.7 Å². The molecule has 108 valence electrons. The molecule has 1 aliphatic heterocycles. The maximum Gasteiger partial charge on any atom is 0.325 e. The first-order chi connectivity index (χ1) is 9.67. The van der Waals surface area contributed by atoms with Gasteiger partial charge in [0.25, 0.3) is 5.91 Å². The number of amides is 3. The summed E-state index contributed by atoms with van der Waals surface area (Å²) in [6.07, 6.45) is 1.52. The van der Waals surface area contributed by atoms with Gasteiger partial charge in [-0.3, -0.25) is 9.69 Å². The van der Waals surface area contributed by atoms with Crippen LogP contribution in [0.2, 0.25) is 0 Å². The van der Waals surface area contributed by atoms with Crippen molar-refractivity contribution in [3.63, 3.8) is 0 Å². The molecule has 0 spiro atoms. The quantitative estimate of drug-likeness (QED) is 0.600. The van der Waals surface area contributed by atoms with Gasteiger partial charge in [0.1, 0.15) is 11.8 Å². The molecule has 1 heterocycles. The Morgan fingerprint density at radius 2 is 1.95 bits per heavy atom. The molecular weight excluding hydrogens is 258 g/mol. The molecule has 3 N–H and O–H groups in total. The highest BCUT2D eigenvalue weighted by Gasteiger charge is 2.38. The predicted molar refractivity (Wildman–Crippen MR) is 74.3 cm³/mol. The number of imide groups is 1. The molecule has 2 rings (SSSR count). The van der Waals surface area contributed by atoms with E-state index in [1.54, 1.807) is 31.4 Å². The van der Waals surface area contributed by atoms with E-state index >= 15 is 0 Å². The van der Waals surface area contributed by atoms with Crippen molar-refractivity contribution < 1.29 is 14.3 Å². The van der Waals surface area contributed by atoms with Crippen molar-refractivity contribution in [2.45, 2.75) is 18.9 Å². The molecule has 20 heavy (non-hydrogen) atoms. The smallest absolute Gasteiger partial charge is 0.325 e. The van der Waals surface area contributed by atoms with E-state index in [4.69, 9.17) is 10.5 Å². The number of ether oxygens (including phenoxy) is 1. The monoisotopic (exact) mass is 277 g/mol. The van der Waals surface area contributed by atoms with Crippen molar-refractivity contribution >= 4 is 11.9 Å². The number of carbonyl (C=O) groups excluding carboxylic acids is 2. The van der Waals surface area contributed by atoms with E-state index in [9.17, 15) is 9.59 Å². The number of urea groups is 1. The first-order valence-electron chi connectivity index (χ1n) is 6.63. The summed E-state index contributed by atoms with van der Waals surface area (Å²) < 4.78 is 5.07. The SMILES string of the molecule is COc1ccc(C2NC(=O)N(CCCCN)C2=O)cc1. The second-order valence-corrected chi connectivity index (χ2v) is 4.64. The molecule has 0 bridgehead atoms. The summed E-state index contributed by atoms with van der Waals surface area (Å²) in [4.78, 5) is 25.3. The zero-order valence-electron chi connectivity index (χ0n) is 11.5. The molecule has 3 amide bonds. The molecule has 0 saturated carbocycles. The van der Waals surface area contributed by atoms with Gasteiger partial charge in [-0.05, 0) is 37.1 Å². The van der Waals surface area contributed by atoms with Gasteiger partial charge in [0.2, 0.25) is 0 Å².